The van der Waals surface area contributed by atoms with Crippen LogP contribution >= 0.6 is 0 Å². The van der Waals surface area contributed by atoms with Crippen molar-refractivity contribution in [2.75, 3.05) is 20.8 Å². The molecule has 1 aliphatic heterocycles. The van der Waals surface area contributed by atoms with E-state index in [-0.39, 0.29) is 0 Å². The lowest BCUT2D eigenvalue weighted by Crippen LogP contribution is -2.34. The SMILES string of the molecule is COc1ccc(CNC2CCOC2C)cc1OC. The molecule has 0 radical (unpaired) electrons. The molecule has 0 saturated carbocycles. The Morgan fingerprint density at radius 3 is 2.67 bits per heavy atom. The normalized spacial score (nSPS) is 23.1. The molecule has 0 bridgehead atoms. The van der Waals surface area contributed by atoms with E-state index in [0.717, 1.165) is 31.1 Å². The number of hydrogen-bond donors (Lipinski definition) is 1. The number of nitrogens with one attached hydrogen (secondary N) is 1. The maximum Gasteiger partial charge on any atom is 0.161 e. The first-order chi connectivity index (χ1) is 8.74. The summed E-state index contributed by atoms with van der Waals surface area (Å²) in [5.74, 6) is 1.53. The minimum absolute atomic E-state index is 0.296. The molecule has 1 aromatic rings. The Morgan fingerprint density at radius 2 is 2.06 bits per heavy atom. The van der Waals surface area contributed by atoms with Crippen LogP contribution in [-0.2, 0) is 11.3 Å². The highest BCUT2D eigenvalue weighted by atomic mass is 16.5. The van der Waals surface area contributed by atoms with E-state index in [1.165, 1.54) is 5.56 Å². The third-order valence-corrected chi connectivity index (χ3v) is 3.39. The Bertz CT molecular complexity index is 395. The number of hydrogen-bond acceptors (Lipinski definition) is 4. The van der Waals surface area contributed by atoms with Crippen LogP contribution in [0.2, 0.25) is 0 Å². The summed E-state index contributed by atoms with van der Waals surface area (Å²) in [5, 5.41) is 3.52. The first-order valence-corrected chi connectivity index (χ1v) is 6.30. The standard InChI is InChI=1S/C14H21NO3/c1-10-12(6-7-18-10)15-9-11-4-5-13(16-2)14(8-11)17-3/h4-5,8,10,12,15H,6-7,9H2,1-3H3. The van der Waals surface area contributed by atoms with Gasteiger partial charge in [-0.15, -0.1) is 0 Å². The first kappa shape index (κ1) is 13.2. The quantitative estimate of drug-likeness (QED) is 0.868. The summed E-state index contributed by atoms with van der Waals surface area (Å²) in [6.07, 6.45) is 1.37. The molecular weight excluding hydrogens is 230 g/mol. The Morgan fingerprint density at radius 1 is 1.28 bits per heavy atom. The van der Waals surface area contributed by atoms with Gasteiger partial charge >= 0.3 is 0 Å². The molecule has 1 fully saturated rings. The minimum Gasteiger partial charge on any atom is -0.493 e. The van der Waals surface area contributed by atoms with Crippen LogP contribution in [0.25, 0.3) is 0 Å². The van der Waals surface area contributed by atoms with E-state index in [1.807, 2.05) is 12.1 Å². The predicted octanol–water partition coefficient (Wildman–Crippen LogP) is 1.97. The third kappa shape index (κ3) is 2.94. The summed E-state index contributed by atoms with van der Waals surface area (Å²) in [6.45, 7) is 3.78. The summed E-state index contributed by atoms with van der Waals surface area (Å²) in [5.41, 5.74) is 1.19. The van der Waals surface area contributed by atoms with E-state index in [4.69, 9.17) is 14.2 Å². The lowest BCUT2D eigenvalue weighted by molar-refractivity contribution is 0.113. The Hall–Kier alpha value is -1.26. The summed E-state index contributed by atoms with van der Waals surface area (Å²) in [6, 6.07) is 6.43. The Balaban J connectivity index is 1.97. The van der Waals surface area contributed by atoms with Gasteiger partial charge in [0, 0.05) is 19.2 Å². The molecule has 4 heteroatoms. The van der Waals surface area contributed by atoms with E-state index in [1.54, 1.807) is 14.2 Å². The average Bonchev–Trinajstić information content (AvgIpc) is 2.81. The van der Waals surface area contributed by atoms with Gasteiger partial charge in [0.2, 0.25) is 0 Å². The van der Waals surface area contributed by atoms with Crippen molar-refractivity contribution in [3.8, 4) is 11.5 Å². The molecule has 2 rings (SSSR count). The largest absolute Gasteiger partial charge is 0.493 e. The van der Waals surface area contributed by atoms with Gasteiger partial charge < -0.3 is 19.5 Å². The van der Waals surface area contributed by atoms with Crippen LogP contribution in [-0.4, -0.2) is 33.0 Å². The highest BCUT2D eigenvalue weighted by Gasteiger charge is 2.23. The smallest absolute Gasteiger partial charge is 0.161 e. The van der Waals surface area contributed by atoms with Crippen molar-refractivity contribution in [2.24, 2.45) is 0 Å². The maximum absolute atomic E-state index is 5.53. The zero-order valence-electron chi connectivity index (χ0n) is 11.2. The fourth-order valence-corrected chi connectivity index (χ4v) is 2.24. The molecule has 1 aliphatic rings. The summed E-state index contributed by atoms with van der Waals surface area (Å²) in [4.78, 5) is 0. The fraction of sp³-hybridized carbons (Fsp3) is 0.571. The second kappa shape index (κ2) is 6.07. The molecule has 0 amide bonds. The van der Waals surface area contributed by atoms with Crippen molar-refractivity contribution in [1.29, 1.82) is 0 Å². The topological polar surface area (TPSA) is 39.7 Å². The van der Waals surface area contributed by atoms with Crippen LogP contribution in [0.4, 0.5) is 0 Å². The van der Waals surface area contributed by atoms with E-state index in [0.29, 0.717) is 12.1 Å². The lowest BCUT2D eigenvalue weighted by atomic mass is 10.1. The van der Waals surface area contributed by atoms with Crippen LogP contribution < -0.4 is 14.8 Å². The minimum atomic E-state index is 0.296. The van der Waals surface area contributed by atoms with Crippen molar-refractivity contribution in [3.63, 3.8) is 0 Å². The van der Waals surface area contributed by atoms with Gasteiger partial charge in [-0.3, -0.25) is 0 Å². The molecule has 2 unspecified atom stereocenters. The second-order valence-corrected chi connectivity index (χ2v) is 4.54. The number of methoxy groups -OCH3 is 2. The monoisotopic (exact) mass is 251 g/mol. The predicted molar refractivity (Wildman–Crippen MR) is 70.2 cm³/mol. The maximum atomic E-state index is 5.53. The highest BCUT2D eigenvalue weighted by molar-refractivity contribution is 5.42. The van der Waals surface area contributed by atoms with Crippen molar-refractivity contribution < 1.29 is 14.2 Å². The molecular formula is C14H21NO3. The Kier molecular flexibility index (Phi) is 4.44. The summed E-state index contributed by atoms with van der Waals surface area (Å²) < 4.78 is 16.0. The molecule has 1 heterocycles. The van der Waals surface area contributed by atoms with Crippen LogP contribution in [0, 0.1) is 0 Å². The number of benzene rings is 1. The molecule has 100 valence electrons. The molecule has 1 aromatic carbocycles. The molecule has 18 heavy (non-hydrogen) atoms. The Labute approximate surface area is 108 Å². The average molecular weight is 251 g/mol. The molecule has 0 aliphatic carbocycles. The van der Waals surface area contributed by atoms with Gasteiger partial charge in [-0.25, -0.2) is 0 Å². The van der Waals surface area contributed by atoms with Crippen LogP contribution in [0.1, 0.15) is 18.9 Å². The van der Waals surface area contributed by atoms with Crippen molar-refractivity contribution >= 4 is 0 Å². The van der Waals surface area contributed by atoms with Crippen LogP contribution in [0.5, 0.6) is 11.5 Å². The molecule has 0 aromatic heterocycles. The second-order valence-electron chi connectivity index (χ2n) is 4.54. The lowest BCUT2D eigenvalue weighted by Gasteiger charge is -2.16. The van der Waals surface area contributed by atoms with Gasteiger partial charge in [0.15, 0.2) is 11.5 Å². The van der Waals surface area contributed by atoms with Gasteiger partial charge in [-0.1, -0.05) is 6.07 Å². The molecule has 1 N–H and O–H groups in total. The third-order valence-electron chi connectivity index (χ3n) is 3.39. The molecule has 4 nitrogen and oxygen atoms in total. The van der Waals surface area contributed by atoms with E-state index >= 15 is 0 Å². The van der Waals surface area contributed by atoms with E-state index < -0.39 is 0 Å². The molecule has 1 saturated heterocycles. The van der Waals surface area contributed by atoms with Gasteiger partial charge in [-0.2, -0.15) is 0 Å². The highest BCUT2D eigenvalue weighted by Crippen LogP contribution is 2.27. The van der Waals surface area contributed by atoms with Gasteiger partial charge in [-0.05, 0) is 31.0 Å². The zero-order chi connectivity index (χ0) is 13.0. The first-order valence-electron chi connectivity index (χ1n) is 6.30. The van der Waals surface area contributed by atoms with Gasteiger partial charge in [0.05, 0.1) is 20.3 Å². The van der Waals surface area contributed by atoms with Crippen molar-refractivity contribution in [2.45, 2.75) is 32.0 Å². The fourth-order valence-electron chi connectivity index (χ4n) is 2.24. The van der Waals surface area contributed by atoms with Crippen molar-refractivity contribution in [3.05, 3.63) is 23.8 Å². The number of ether oxygens (including phenoxy) is 3. The van der Waals surface area contributed by atoms with Crippen LogP contribution in [0.3, 0.4) is 0 Å². The summed E-state index contributed by atoms with van der Waals surface area (Å²) >= 11 is 0. The van der Waals surface area contributed by atoms with Crippen LogP contribution in [0.15, 0.2) is 18.2 Å². The van der Waals surface area contributed by atoms with Gasteiger partial charge in [0.1, 0.15) is 0 Å². The van der Waals surface area contributed by atoms with E-state index in [9.17, 15) is 0 Å². The summed E-state index contributed by atoms with van der Waals surface area (Å²) in [7, 11) is 3.30. The molecule has 2 atom stereocenters. The van der Waals surface area contributed by atoms with Crippen molar-refractivity contribution in [1.82, 2.24) is 5.32 Å². The van der Waals surface area contributed by atoms with Gasteiger partial charge in [0.25, 0.3) is 0 Å². The zero-order valence-corrected chi connectivity index (χ0v) is 11.2. The van der Waals surface area contributed by atoms with E-state index in [2.05, 4.69) is 18.3 Å². The molecule has 0 spiro atoms. The number of rotatable bonds is 5.